The van der Waals surface area contributed by atoms with E-state index in [0.29, 0.717) is 68.4 Å². The molecule has 0 saturated carbocycles. The van der Waals surface area contributed by atoms with Crippen LogP contribution in [0.3, 0.4) is 0 Å². The van der Waals surface area contributed by atoms with Crippen LogP contribution < -0.4 is 26.6 Å². The lowest BCUT2D eigenvalue weighted by Gasteiger charge is -2.41. The van der Waals surface area contributed by atoms with E-state index in [4.69, 9.17) is 20.9 Å². The average molecular weight is 793 g/mol. The smallest absolute Gasteiger partial charge is 0.219 e. The molecule has 2 aromatic heterocycles. The van der Waals surface area contributed by atoms with Crippen molar-refractivity contribution >= 4 is 42.9 Å². The van der Waals surface area contributed by atoms with E-state index in [9.17, 15) is 16.8 Å². The lowest BCUT2D eigenvalue weighted by Crippen LogP contribution is -2.57. The maximum absolute atomic E-state index is 13.3. The summed E-state index contributed by atoms with van der Waals surface area (Å²) >= 11 is 0. The number of hydrogen-bond acceptors (Lipinski definition) is 16. The van der Waals surface area contributed by atoms with Crippen LogP contribution in [0.5, 0.6) is 0 Å². The van der Waals surface area contributed by atoms with E-state index in [2.05, 4.69) is 53.8 Å². The largest absolute Gasteiger partial charge is 0.378 e. The molecular weight excluding hydrogens is 745 g/mol. The van der Waals surface area contributed by atoms with Crippen LogP contribution in [0.2, 0.25) is 0 Å². The van der Waals surface area contributed by atoms with Crippen molar-refractivity contribution in [3.05, 3.63) is 61.2 Å². The second-order valence-electron chi connectivity index (χ2n) is 14.3. The summed E-state index contributed by atoms with van der Waals surface area (Å²) in [5.74, 6) is 0.376. The highest BCUT2D eigenvalue weighted by Gasteiger charge is 2.39. The molecule has 0 unspecified atom stereocenters. The molecule has 4 aromatic rings. The van der Waals surface area contributed by atoms with Gasteiger partial charge in [-0.2, -0.15) is 0 Å². The summed E-state index contributed by atoms with van der Waals surface area (Å²) in [6.07, 6.45) is 6.48. The monoisotopic (exact) mass is 792 g/mol. The van der Waals surface area contributed by atoms with E-state index in [1.54, 1.807) is 49.1 Å². The van der Waals surface area contributed by atoms with Crippen molar-refractivity contribution in [1.82, 2.24) is 30.2 Å². The highest BCUT2D eigenvalue weighted by molar-refractivity contribution is 7.92. The number of benzene rings is 2. The van der Waals surface area contributed by atoms with Gasteiger partial charge in [0.25, 0.3) is 0 Å². The number of nitrogens with one attached hydrogen (secondary N) is 1. The maximum Gasteiger partial charge on any atom is 0.219 e. The van der Waals surface area contributed by atoms with Crippen LogP contribution in [0.15, 0.2) is 71.0 Å². The summed E-state index contributed by atoms with van der Waals surface area (Å²) in [7, 11) is -6.82. The molecule has 55 heavy (non-hydrogen) atoms. The number of likely N-dealkylation sites (tertiary alicyclic amines) is 1. The topological polar surface area (TPSA) is 212 Å². The zero-order valence-electron chi connectivity index (χ0n) is 31.0. The fourth-order valence-corrected chi connectivity index (χ4v) is 10.1. The first-order chi connectivity index (χ1) is 26.4. The first-order valence-corrected chi connectivity index (χ1v) is 21.5. The Hall–Kier alpha value is -4.46. The molecule has 294 valence electrons. The zero-order valence-corrected chi connectivity index (χ0v) is 32.7. The normalized spacial score (nSPS) is 18.7. The third-order valence-electron chi connectivity index (χ3n) is 10.4. The predicted molar refractivity (Wildman–Crippen MR) is 211 cm³/mol. The van der Waals surface area contributed by atoms with Gasteiger partial charge in [0.2, 0.25) is 11.9 Å². The summed E-state index contributed by atoms with van der Waals surface area (Å²) in [4.78, 5) is 23.3. The van der Waals surface area contributed by atoms with E-state index in [1.807, 2.05) is 12.1 Å². The van der Waals surface area contributed by atoms with Crippen molar-refractivity contribution in [2.45, 2.75) is 40.2 Å². The Balaban J connectivity index is 0.000000170. The number of ether oxygens (including phenoxy) is 2. The van der Waals surface area contributed by atoms with Gasteiger partial charge in [-0.05, 0) is 61.4 Å². The Labute approximate surface area is 322 Å². The number of hydrogen-bond donors (Lipinski definition) is 3. The minimum atomic E-state index is -3.43. The van der Waals surface area contributed by atoms with Crippen molar-refractivity contribution in [2.75, 3.05) is 100 Å². The van der Waals surface area contributed by atoms with Crippen LogP contribution in [-0.2, 0) is 29.1 Å². The number of sulfone groups is 2. The molecule has 4 aliphatic heterocycles. The zero-order chi connectivity index (χ0) is 38.7. The average Bonchev–Trinajstić information content (AvgIpc) is 3.14. The van der Waals surface area contributed by atoms with Gasteiger partial charge in [0, 0.05) is 106 Å². The predicted octanol–water partition coefficient (Wildman–Crippen LogP) is 1.74. The Morgan fingerprint density at radius 2 is 1.02 bits per heavy atom. The third-order valence-corrected chi connectivity index (χ3v) is 14.6. The summed E-state index contributed by atoms with van der Waals surface area (Å²) in [5.41, 5.74) is 15.9. The van der Waals surface area contributed by atoms with Gasteiger partial charge in [-0.15, -0.1) is 0 Å². The van der Waals surface area contributed by atoms with Crippen LogP contribution in [-0.4, -0.2) is 137 Å². The van der Waals surface area contributed by atoms with Gasteiger partial charge in [0.1, 0.15) is 0 Å². The number of rotatable bonds is 9. The molecule has 5 N–H and O–H groups in total. The number of nitrogen functional groups attached to an aromatic ring is 2. The van der Waals surface area contributed by atoms with Crippen molar-refractivity contribution in [1.29, 1.82) is 0 Å². The van der Waals surface area contributed by atoms with Gasteiger partial charge in [-0.3, -0.25) is 4.90 Å². The van der Waals surface area contributed by atoms with Crippen LogP contribution >= 0.6 is 0 Å². The number of nitrogens with zero attached hydrogens (tertiary/aromatic N) is 7. The Morgan fingerprint density at radius 1 is 0.618 bits per heavy atom. The van der Waals surface area contributed by atoms with Gasteiger partial charge in [0.15, 0.2) is 19.7 Å². The minimum Gasteiger partial charge on any atom is -0.378 e. The number of morpholine rings is 2. The molecule has 0 atom stereocenters. The van der Waals surface area contributed by atoms with Crippen LogP contribution in [0, 0.1) is 0 Å². The van der Waals surface area contributed by atoms with Crippen LogP contribution in [0.1, 0.15) is 13.8 Å². The summed E-state index contributed by atoms with van der Waals surface area (Å²) < 4.78 is 63.4. The Morgan fingerprint density at radius 3 is 1.38 bits per heavy atom. The van der Waals surface area contributed by atoms with Gasteiger partial charge in [-0.25, -0.2) is 36.8 Å². The molecule has 4 aliphatic rings. The fourth-order valence-electron chi connectivity index (χ4n) is 6.77. The second kappa shape index (κ2) is 16.3. The summed E-state index contributed by atoms with van der Waals surface area (Å²) in [6, 6.07) is 11.3. The fraction of sp³-hybridized carbons (Fsp3) is 0.459. The summed E-state index contributed by atoms with van der Waals surface area (Å²) in [5, 5.41) is 2.28. The third kappa shape index (κ3) is 8.69. The molecule has 18 heteroatoms. The number of anilines is 4. The summed E-state index contributed by atoms with van der Waals surface area (Å²) in [6.45, 7) is 11.7. The molecule has 8 rings (SSSR count). The molecule has 0 spiro atoms. The maximum atomic E-state index is 13.3. The molecule has 0 aliphatic carbocycles. The molecule has 16 nitrogen and oxygen atoms in total. The lowest BCUT2D eigenvalue weighted by atomic mass is 10.1. The minimum absolute atomic E-state index is 0.187. The highest BCUT2D eigenvalue weighted by atomic mass is 32.2. The van der Waals surface area contributed by atoms with Gasteiger partial charge in [-0.1, -0.05) is 0 Å². The van der Waals surface area contributed by atoms with Gasteiger partial charge in [0.05, 0.1) is 46.7 Å². The van der Waals surface area contributed by atoms with Crippen molar-refractivity contribution < 1.29 is 26.3 Å². The SMILES string of the molecule is CC(C)N1CC(S(=O)(=O)c2cc(-c3cnc(N)nc3)cc(N3CCOCC3)c2)C1.Nc1ncc(-c2cc(N3CCOCC3)cc(S(=O)(=O)C3CNC3)c2)cn1. The van der Waals surface area contributed by atoms with Crippen molar-refractivity contribution in [3.8, 4) is 22.3 Å². The molecule has 2 aromatic carbocycles. The van der Waals surface area contributed by atoms with Gasteiger partial charge < -0.3 is 36.1 Å². The first-order valence-electron chi connectivity index (χ1n) is 18.4. The van der Waals surface area contributed by atoms with E-state index >= 15 is 0 Å². The van der Waals surface area contributed by atoms with Crippen molar-refractivity contribution in [2.24, 2.45) is 0 Å². The number of nitrogens with two attached hydrogens (primary N) is 2. The van der Waals surface area contributed by atoms with E-state index in [-0.39, 0.29) is 22.4 Å². The van der Waals surface area contributed by atoms with E-state index in [0.717, 1.165) is 59.8 Å². The number of aromatic nitrogens is 4. The van der Waals surface area contributed by atoms with E-state index < -0.39 is 19.7 Å². The Bertz CT molecular complexity index is 2170. The second-order valence-corrected chi connectivity index (χ2v) is 18.8. The quantitative estimate of drug-likeness (QED) is 0.220. The molecule has 0 bridgehead atoms. The standard InChI is InChI=1S/C20H27N5O3S.C17H21N5O3S/c1-14(2)25-12-19(13-25)29(26,27)18-8-15(16-10-22-20(21)23-11-16)7-17(9-18)24-3-5-28-6-4-24;18-17-20-8-13(9-21-17)12-5-14(22-1-3-25-4-2-22)7-15(6-12)26(23,24)16-10-19-11-16/h7-11,14,19H,3-6,12-13H2,1-2H3,(H2,21,22,23);5-9,16,19H,1-4,10-11H2,(H2,18,20,21). The first kappa shape index (κ1) is 38.8. The molecule has 0 radical (unpaired) electrons. The van der Waals surface area contributed by atoms with E-state index in [1.165, 1.54) is 0 Å². The molecular formula is C37H48N10O6S2. The highest BCUT2D eigenvalue weighted by Crippen LogP contribution is 2.34. The Kier molecular flexibility index (Phi) is 11.5. The van der Waals surface area contributed by atoms with Crippen LogP contribution in [0.25, 0.3) is 22.3 Å². The molecule has 0 amide bonds. The van der Waals surface area contributed by atoms with Crippen LogP contribution in [0.4, 0.5) is 23.3 Å². The molecule has 4 fully saturated rings. The van der Waals surface area contributed by atoms with Gasteiger partial charge >= 0.3 is 0 Å². The van der Waals surface area contributed by atoms with Crippen molar-refractivity contribution in [3.63, 3.8) is 0 Å². The molecule has 6 heterocycles. The molecule has 4 saturated heterocycles. The lowest BCUT2D eigenvalue weighted by molar-refractivity contribution is 0.122.